The number of nitrogens with zero attached hydrogens (tertiary/aromatic N) is 2. The zero-order valence-electron chi connectivity index (χ0n) is 8.61. The standard InChI is InChI=1S/C11H9ClN2O2/c1-7-2-3-9-8(6-7)10(16)14(4-5-15)11(12)13-9/h2-3,5-6H,4H2,1H3. The number of aryl methyl sites for hydroxylation is 1. The van der Waals surface area contributed by atoms with Gasteiger partial charge in [0.25, 0.3) is 5.56 Å². The lowest BCUT2D eigenvalue weighted by Gasteiger charge is -2.06. The summed E-state index contributed by atoms with van der Waals surface area (Å²) in [4.78, 5) is 26.5. The highest BCUT2D eigenvalue weighted by molar-refractivity contribution is 6.28. The van der Waals surface area contributed by atoms with E-state index in [0.717, 1.165) is 10.1 Å². The van der Waals surface area contributed by atoms with Gasteiger partial charge in [-0.3, -0.25) is 9.36 Å². The minimum absolute atomic E-state index is 0.0356. The third-order valence-electron chi connectivity index (χ3n) is 2.32. The van der Waals surface area contributed by atoms with Crippen molar-refractivity contribution in [2.45, 2.75) is 13.5 Å². The van der Waals surface area contributed by atoms with Gasteiger partial charge < -0.3 is 4.79 Å². The van der Waals surface area contributed by atoms with Gasteiger partial charge in [-0.1, -0.05) is 11.6 Å². The fraction of sp³-hybridized carbons (Fsp3) is 0.182. The van der Waals surface area contributed by atoms with Gasteiger partial charge in [0.1, 0.15) is 6.29 Å². The number of hydrogen-bond acceptors (Lipinski definition) is 3. The highest BCUT2D eigenvalue weighted by Gasteiger charge is 2.08. The number of hydrogen-bond donors (Lipinski definition) is 0. The molecule has 0 saturated heterocycles. The molecule has 2 aromatic rings. The van der Waals surface area contributed by atoms with Crippen LogP contribution in [0.3, 0.4) is 0 Å². The molecule has 0 aliphatic heterocycles. The van der Waals surface area contributed by atoms with E-state index < -0.39 is 0 Å². The Kier molecular flexibility index (Phi) is 2.75. The predicted octanol–water partition coefficient (Wildman–Crippen LogP) is 1.56. The van der Waals surface area contributed by atoms with Crippen molar-refractivity contribution in [3.63, 3.8) is 0 Å². The van der Waals surface area contributed by atoms with Gasteiger partial charge in [-0.2, -0.15) is 0 Å². The first-order chi connectivity index (χ1) is 7.63. The Morgan fingerprint density at radius 3 is 2.94 bits per heavy atom. The number of carbonyl (C=O) groups excluding carboxylic acids is 1. The molecule has 0 spiro atoms. The Morgan fingerprint density at radius 2 is 2.25 bits per heavy atom. The van der Waals surface area contributed by atoms with E-state index in [1.54, 1.807) is 12.1 Å². The summed E-state index contributed by atoms with van der Waals surface area (Å²) in [5.41, 5.74) is 1.22. The van der Waals surface area contributed by atoms with Crippen molar-refractivity contribution in [3.05, 3.63) is 39.4 Å². The van der Waals surface area contributed by atoms with Crippen molar-refractivity contribution < 1.29 is 4.79 Å². The lowest BCUT2D eigenvalue weighted by Crippen LogP contribution is -2.22. The second kappa shape index (κ2) is 4.06. The maximum atomic E-state index is 12.0. The average molecular weight is 237 g/mol. The van der Waals surface area contributed by atoms with Crippen molar-refractivity contribution >= 4 is 28.8 Å². The van der Waals surface area contributed by atoms with Crippen molar-refractivity contribution in [1.29, 1.82) is 0 Å². The number of benzene rings is 1. The van der Waals surface area contributed by atoms with E-state index in [2.05, 4.69) is 4.98 Å². The molecular weight excluding hydrogens is 228 g/mol. The van der Waals surface area contributed by atoms with Crippen molar-refractivity contribution in [2.75, 3.05) is 0 Å². The molecule has 82 valence electrons. The highest BCUT2D eigenvalue weighted by Crippen LogP contribution is 2.12. The smallest absolute Gasteiger partial charge is 0.262 e. The van der Waals surface area contributed by atoms with Crippen LogP contribution < -0.4 is 5.56 Å². The number of fused-ring (bicyclic) bond motifs is 1. The summed E-state index contributed by atoms with van der Waals surface area (Å²) < 4.78 is 1.15. The van der Waals surface area contributed by atoms with Gasteiger partial charge in [0.15, 0.2) is 0 Å². The number of carbonyl (C=O) groups is 1. The fourth-order valence-electron chi connectivity index (χ4n) is 1.54. The molecule has 0 bridgehead atoms. The van der Waals surface area contributed by atoms with Gasteiger partial charge in [0.2, 0.25) is 5.28 Å². The summed E-state index contributed by atoms with van der Waals surface area (Å²) in [6, 6.07) is 5.33. The Bertz CT molecular complexity index is 619. The van der Waals surface area contributed by atoms with Crippen molar-refractivity contribution in [1.82, 2.24) is 9.55 Å². The first kappa shape index (κ1) is 10.8. The van der Waals surface area contributed by atoms with Gasteiger partial charge in [-0.05, 0) is 30.7 Å². The van der Waals surface area contributed by atoms with Crippen LogP contribution in [-0.2, 0) is 11.3 Å². The molecule has 16 heavy (non-hydrogen) atoms. The van der Waals surface area contributed by atoms with E-state index in [1.807, 2.05) is 13.0 Å². The zero-order valence-corrected chi connectivity index (χ0v) is 9.36. The van der Waals surface area contributed by atoms with E-state index in [0.29, 0.717) is 17.2 Å². The Balaban J connectivity index is 2.85. The molecule has 0 aliphatic carbocycles. The molecule has 1 aromatic heterocycles. The monoisotopic (exact) mass is 236 g/mol. The van der Waals surface area contributed by atoms with E-state index in [9.17, 15) is 9.59 Å². The minimum Gasteiger partial charge on any atom is -0.301 e. The molecule has 0 saturated carbocycles. The van der Waals surface area contributed by atoms with Crippen LogP contribution in [0.4, 0.5) is 0 Å². The summed E-state index contributed by atoms with van der Waals surface area (Å²) in [6.07, 6.45) is 0.622. The summed E-state index contributed by atoms with van der Waals surface area (Å²) in [7, 11) is 0. The molecule has 4 nitrogen and oxygen atoms in total. The summed E-state index contributed by atoms with van der Waals surface area (Å²) in [5, 5.41) is 0.514. The molecule has 0 N–H and O–H groups in total. The maximum Gasteiger partial charge on any atom is 0.262 e. The van der Waals surface area contributed by atoms with Gasteiger partial charge in [0.05, 0.1) is 17.4 Å². The SMILES string of the molecule is Cc1ccc2nc(Cl)n(CC=O)c(=O)c2c1. The third-order valence-corrected chi connectivity index (χ3v) is 2.61. The molecule has 0 aliphatic rings. The lowest BCUT2D eigenvalue weighted by molar-refractivity contribution is -0.108. The second-order valence-electron chi connectivity index (χ2n) is 3.48. The van der Waals surface area contributed by atoms with Gasteiger partial charge >= 0.3 is 0 Å². The first-order valence-electron chi connectivity index (χ1n) is 4.74. The molecular formula is C11H9ClN2O2. The minimum atomic E-state index is -0.286. The molecule has 0 atom stereocenters. The van der Waals surface area contributed by atoms with Crippen LogP contribution in [0.25, 0.3) is 10.9 Å². The molecule has 0 fully saturated rings. The van der Waals surface area contributed by atoms with Crippen LogP contribution in [-0.4, -0.2) is 15.8 Å². The zero-order chi connectivity index (χ0) is 11.7. The topological polar surface area (TPSA) is 52.0 Å². The Hall–Kier alpha value is -1.68. The predicted molar refractivity (Wildman–Crippen MR) is 61.8 cm³/mol. The van der Waals surface area contributed by atoms with Gasteiger partial charge in [-0.15, -0.1) is 0 Å². The molecule has 5 heteroatoms. The van der Waals surface area contributed by atoms with Gasteiger partial charge in [-0.25, -0.2) is 4.98 Å². The van der Waals surface area contributed by atoms with Crippen LogP contribution in [0.15, 0.2) is 23.0 Å². The van der Waals surface area contributed by atoms with Crippen LogP contribution in [0.5, 0.6) is 0 Å². The average Bonchev–Trinajstić information content (AvgIpc) is 2.26. The Labute approximate surface area is 96.5 Å². The fourth-order valence-corrected chi connectivity index (χ4v) is 1.78. The molecule has 0 radical (unpaired) electrons. The molecule has 0 amide bonds. The maximum absolute atomic E-state index is 12.0. The number of aldehydes is 1. The normalized spacial score (nSPS) is 10.6. The number of rotatable bonds is 2. The van der Waals surface area contributed by atoms with Crippen LogP contribution in [0, 0.1) is 6.92 Å². The summed E-state index contributed by atoms with van der Waals surface area (Å²) in [6.45, 7) is 1.81. The molecule has 2 rings (SSSR count). The second-order valence-corrected chi connectivity index (χ2v) is 3.82. The van der Waals surface area contributed by atoms with Crippen LogP contribution in [0.2, 0.25) is 5.28 Å². The van der Waals surface area contributed by atoms with E-state index in [4.69, 9.17) is 11.6 Å². The molecule has 1 aromatic carbocycles. The van der Waals surface area contributed by atoms with E-state index >= 15 is 0 Å². The van der Waals surface area contributed by atoms with E-state index in [-0.39, 0.29) is 17.4 Å². The molecule has 1 heterocycles. The van der Waals surface area contributed by atoms with Crippen molar-refractivity contribution in [2.24, 2.45) is 0 Å². The first-order valence-corrected chi connectivity index (χ1v) is 5.11. The molecule has 0 unspecified atom stereocenters. The number of halogens is 1. The largest absolute Gasteiger partial charge is 0.301 e. The van der Waals surface area contributed by atoms with Crippen molar-refractivity contribution in [3.8, 4) is 0 Å². The lowest BCUT2D eigenvalue weighted by atomic mass is 10.2. The summed E-state index contributed by atoms with van der Waals surface area (Å²) in [5.74, 6) is 0. The highest BCUT2D eigenvalue weighted by atomic mass is 35.5. The third kappa shape index (κ3) is 1.72. The quantitative estimate of drug-likeness (QED) is 0.587. The van der Waals surface area contributed by atoms with Gasteiger partial charge in [0, 0.05) is 0 Å². The number of aromatic nitrogens is 2. The van der Waals surface area contributed by atoms with Crippen LogP contribution >= 0.6 is 11.6 Å². The summed E-state index contributed by atoms with van der Waals surface area (Å²) >= 11 is 5.82. The van der Waals surface area contributed by atoms with Crippen LogP contribution in [0.1, 0.15) is 5.56 Å². The Morgan fingerprint density at radius 1 is 1.50 bits per heavy atom. The van der Waals surface area contributed by atoms with E-state index in [1.165, 1.54) is 0 Å².